The maximum Gasteiger partial charge on any atom is 0.164 e. The predicted octanol–water partition coefficient (Wildman–Crippen LogP) is 29.7. The highest BCUT2D eigenvalue weighted by Gasteiger charge is 2.26. The van der Waals surface area contributed by atoms with E-state index in [2.05, 4.69) is 391 Å². The van der Waals surface area contributed by atoms with Crippen LogP contribution < -0.4 is 0 Å². The van der Waals surface area contributed by atoms with Gasteiger partial charge in [-0.3, -0.25) is 0 Å². The zero-order valence-corrected chi connectivity index (χ0v) is 66.8. The van der Waals surface area contributed by atoms with Crippen LogP contribution >= 0.6 is 0 Å². The number of hydrogen-bond acceptors (Lipinski definition) is 8. The summed E-state index contributed by atoms with van der Waals surface area (Å²) in [5.74, 6) is 3.27. The molecule has 18 aromatic carbocycles. The van der Waals surface area contributed by atoms with Crippen molar-refractivity contribution in [2.24, 2.45) is 0 Å². The monoisotopic (exact) mass is 1580 g/mol. The van der Waals surface area contributed by atoms with Gasteiger partial charge in [0.05, 0.1) is 22.1 Å². The Morgan fingerprint density at radius 2 is 0.452 bits per heavy atom. The quantitative estimate of drug-likeness (QED) is 0.0997. The number of rotatable bonds is 15. The molecular formula is C114H70N8O2. The summed E-state index contributed by atoms with van der Waals surface area (Å²) in [6, 6.07) is 150. The van der Waals surface area contributed by atoms with Gasteiger partial charge in [0.25, 0.3) is 0 Å². The third-order valence-corrected chi connectivity index (χ3v) is 24.3. The smallest absolute Gasteiger partial charge is 0.164 e. The summed E-state index contributed by atoms with van der Waals surface area (Å²) in [6.45, 7) is 0. The summed E-state index contributed by atoms with van der Waals surface area (Å²) >= 11 is 0. The topological polar surface area (TPSA) is 113 Å². The first-order chi connectivity index (χ1) is 61.4. The minimum absolute atomic E-state index is 0.523. The molecule has 0 aliphatic carbocycles. The van der Waals surface area contributed by atoms with Crippen LogP contribution in [0.3, 0.4) is 0 Å². The third-order valence-electron chi connectivity index (χ3n) is 24.3. The number of para-hydroxylation sites is 3. The molecular weight excluding hydrogens is 1510 g/mol. The lowest BCUT2D eigenvalue weighted by Crippen LogP contribution is -2.02. The minimum atomic E-state index is 0.523. The van der Waals surface area contributed by atoms with Gasteiger partial charge in [-0.1, -0.05) is 303 Å². The molecule has 0 amide bonds. The largest absolute Gasteiger partial charge is 0.456 e. The van der Waals surface area contributed by atoms with E-state index in [0.29, 0.717) is 34.9 Å². The molecule has 10 heteroatoms. The van der Waals surface area contributed by atoms with Crippen LogP contribution in [-0.2, 0) is 0 Å². The molecule has 0 aliphatic rings. The lowest BCUT2D eigenvalue weighted by atomic mass is 9.93. The Balaban J connectivity index is 0.642. The van der Waals surface area contributed by atoms with Gasteiger partial charge >= 0.3 is 0 Å². The Bertz CT molecular complexity index is 8250. The Labute approximate surface area is 712 Å². The van der Waals surface area contributed by atoms with Gasteiger partial charge in [-0.2, -0.15) is 0 Å². The SMILES string of the molecule is c1ccc(-c2cccc(-c3nc(-c4ccc(-c5ccc6c(c5)c5cc(-c7ccc8oc9cccc(-c%10nc(-c%11ccccc%11-c%11ccccc%11)nc(-c%11ccccc%11-c%11ccccc%11)n%10)c9c8c7)ccc5n6-c5ccccc5)cc4-c4ccccc4)nc(-c4cccc5oc6ccc(-c7ccc8c(c7)c7ccccc7n8-c7ccccc7)cc6c45)n3)c2)cc1. The molecule has 0 N–H and O–H groups in total. The van der Waals surface area contributed by atoms with Crippen LogP contribution in [0.1, 0.15) is 0 Å². The summed E-state index contributed by atoms with van der Waals surface area (Å²) in [5, 5.41) is 8.33. The Hall–Kier alpha value is -16.8. The molecule has 124 heavy (non-hydrogen) atoms. The van der Waals surface area contributed by atoms with Crippen LogP contribution in [0.25, 0.3) is 245 Å². The molecule has 24 rings (SSSR count). The van der Waals surface area contributed by atoms with E-state index in [4.69, 9.17) is 38.7 Å². The molecule has 0 radical (unpaired) electrons. The van der Waals surface area contributed by atoms with Crippen LogP contribution in [-0.4, -0.2) is 39.0 Å². The number of fused-ring (bicyclic) bond motifs is 12. The molecule has 24 aromatic rings. The van der Waals surface area contributed by atoms with Crippen LogP contribution in [0.2, 0.25) is 0 Å². The van der Waals surface area contributed by atoms with E-state index in [1.54, 1.807) is 0 Å². The lowest BCUT2D eigenvalue weighted by Gasteiger charge is -2.15. The molecule has 0 saturated heterocycles. The molecule has 0 unspecified atom stereocenters. The minimum Gasteiger partial charge on any atom is -0.456 e. The molecule has 0 atom stereocenters. The second-order valence-electron chi connectivity index (χ2n) is 31.5. The summed E-state index contributed by atoms with van der Waals surface area (Å²) in [7, 11) is 0. The summed E-state index contributed by atoms with van der Waals surface area (Å²) in [4.78, 5) is 33.0. The Morgan fingerprint density at radius 3 is 0.919 bits per heavy atom. The van der Waals surface area contributed by atoms with Crippen molar-refractivity contribution in [1.29, 1.82) is 0 Å². The van der Waals surface area contributed by atoms with E-state index in [1.807, 2.05) is 42.5 Å². The van der Waals surface area contributed by atoms with Gasteiger partial charge in [0, 0.05) is 87.8 Å². The van der Waals surface area contributed by atoms with E-state index in [-0.39, 0.29) is 0 Å². The van der Waals surface area contributed by atoms with Crippen LogP contribution in [0.15, 0.2) is 433 Å². The fourth-order valence-electron chi connectivity index (χ4n) is 18.5. The molecule has 6 heterocycles. The zero-order valence-electron chi connectivity index (χ0n) is 66.8. The van der Waals surface area contributed by atoms with Gasteiger partial charge in [-0.25, -0.2) is 29.9 Å². The first kappa shape index (κ1) is 71.3. The van der Waals surface area contributed by atoms with Gasteiger partial charge in [-0.15, -0.1) is 0 Å². The van der Waals surface area contributed by atoms with E-state index < -0.39 is 0 Å². The normalized spacial score (nSPS) is 11.7. The van der Waals surface area contributed by atoms with E-state index in [1.165, 1.54) is 10.8 Å². The van der Waals surface area contributed by atoms with Gasteiger partial charge in [-0.05, 0) is 199 Å². The highest BCUT2D eigenvalue weighted by Crippen LogP contribution is 2.47. The first-order valence-corrected chi connectivity index (χ1v) is 41.8. The Kier molecular flexibility index (Phi) is 17.0. The van der Waals surface area contributed by atoms with Gasteiger partial charge in [0.15, 0.2) is 34.9 Å². The number of benzene rings is 18. The van der Waals surface area contributed by atoms with Crippen LogP contribution in [0.5, 0.6) is 0 Å². The fourth-order valence-corrected chi connectivity index (χ4v) is 18.5. The van der Waals surface area contributed by atoms with Crippen molar-refractivity contribution in [1.82, 2.24) is 39.0 Å². The second-order valence-corrected chi connectivity index (χ2v) is 31.5. The predicted molar refractivity (Wildman–Crippen MR) is 507 cm³/mol. The lowest BCUT2D eigenvalue weighted by molar-refractivity contribution is 0.668. The zero-order chi connectivity index (χ0) is 81.7. The average molecular weight is 1580 g/mol. The molecule has 0 spiro atoms. The molecule has 0 bridgehead atoms. The Morgan fingerprint density at radius 1 is 0.153 bits per heavy atom. The van der Waals surface area contributed by atoms with Crippen LogP contribution in [0.4, 0.5) is 0 Å². The maximum atomic E-state index is 6.84. The first-order valence-electron chi connectivity index (χ1n) is 41.8. The molecule has 0 saturated carbocycles. The molecule has 0 fully saturated rings. The standard InChI is InChI=1S/C114H70N8O2/c1-7-28-71(29-8-1)75-36-25-37-82(64-75)109-115-112(120-113(116-109)91-47-26-50-105-107(91)97-69-80(56-62-103(97)123-105)77-53-59-100-94(66-77)87-44-23-24-49-99(87)121(100)83-38-15-5-16-39-83)90-58-52-76(65-93(90)74-34-13-4-14-35-74)78-54-60-101-95(67-78)96-68-79(55-61-102(96)122(101)84-40-17-6-18-41-84)81-57-63-104-98(70-81)108-92(48-27-51-106(108)124-104)114-118-110(88-45-21-19-42-85(88)72-30-9-2-10-31-72)117-111(119-114)89-46-22-20-43-86(89)73-32-11-3-12-33-73/h1-70H. The van der Waals surface area contributed by atoms with Crippen molar-refractivity contribution in [3.05, 3.63) is 425 Å². The summed E-state index contributed by atoms with van der Waals surface area (Å²) < 4.78 is 18.4. The van der Waals surface area contributed by atoms with Crippen molar-refractivity contribution >= 4 is 87.5 Å². The highest BCUT2D eigenvalue weighted by atomic mass is 16.3. The number of aromatic nitrogens is 8. The van der Waals surface area contributed by atoms with E-state index in [0.717, 1.165) is 199 Å². The fraction of sp³-hybridized carbons (Fsp3) is 0. The molecule has 6 aromatic heterocycles. The molecule has 10 nitrogen and oxygen atoms in total. The van der Waals surface area contributed by atoms with E-state index in [9.17, 15) is 0 Å². The number of furan rings is 2. The molecule has 0 aliphatic heterocycles. The van der Waals surface area contributed by atoms with Crippen molar-refractivity contribution in [3.8, 4) is 158 Å². The van der Waals surface area contributed by atoms with Crippen molar-refractivity contribution in [2.75, 3.05) is 0 Å². The van der Waals surface area contributed by atoms with Crippen molar-refractivity contribution in [2.45, 2.75) is 0 Å². The van der Waals surface area contributed by atoms with Crippen molar-refractivity contribution in [3.63, 3.8) is 0 Å². The summed E-state index contributed by atoms with van der Waals surface area (Å²) in [5.41, 5.74) is 29.5. The maximum absolute atomic E-state index is 6.84. The number of hydrogen-bond donors (Lipinski definition) is 0. The van der Waals surface area contributed by atoms with Crippen LogP contribution in [0, 0.1) is 0 Å². The van der Waals surface area contributed by atoms with Gasteiger partial charge in [0.2, 0.25) is 0 Å². The average Bonchev–Trinajstić information content (AvgIpc) is 1.57. The highest BCUT2D eigenvalue weighted by molar-refractivity contribution is 6.17. The second kappa shape index (κ2) is 29.6. The van der Waals surface area contributed by atoms with Gasteiger partial charge < -0.3 is 18.0 Å². The molecule has 578 valence electrons. The number of nitrogens with zero attached hydrogens (tertiary/aromatic N) is 8. The third kappa shape index (κ3) is 12.3. The summed E-state index contributed by atoms with van der Waals surface area (Å²) in [6.07, 6.45) is 0. The van der Waals surface area contributed by atoms with E-state index >= 15 is 0 Å². The van der Waals surface area contributed by atoms with Gasteiger partial charge in [0.1, 0.15) is 22.3 Å². The van der Waals surface area contributed by atoms with Crippen molar-refractivity contribution < 1.29 is 8.83 Å².